The number of halogens is 3. The number of rotatable bonds is 2. The first-order valence-corrected chi connectivity index (χ1v) is 9.53. The average molecular weight is 378 g/mol. The Kier molecular flexibility index (Phi) is 3.58. The van der Waals surface area contributed by atoms with Gasteiger partial charge in [0.05, 0.1) is 6.20 Å². The van der Waals surface area contributed by atoms with Crippen LogP contribution in [0, 0.1) is 30.6 Å². The lowest BCUT2D eigenvalue weighted by atomic mass is 9.54. The molecule has 8 heteroatoms. The zero-order valence-electron chi connectivity index (χ0n) is 15.0. The summed E-state index contributed by atoms with van der Waals surface area (Å²) in [6, 6.07) is 1.06. The van der Waals surface area contributed by atoms with Crippen molar-refractivity contribution in [3.05, 3.63) is 29.2 Å². The first-order chi connectivity index (χ1) is 12.8. The number of amides is 1. The lowest BCUT2D eigenvalue weighted by molar-refractivity contribution is -0.142. The molecule has 0 atom stereocenters. The quantitative estimate of drug-likeness (QED) is 0.869. The molecule has 4 saturated carbocycles. The summed E-state index contributed by atoms with van der Waals surface area (Å²) in [4.78, 5) is 17.1. The molecule has 144 valence electrons. The number of fused-ring (bicyclic) bond motifs is 1. The summed E-state index contributed by atoms with van der Waals surface area (Å²) in [5, 5.41) is 6.93. The molecule has 4 fully saturated rings. The molecule has 0 aromatic carbocycles. The first kappa shape index (κ1) is 17.0. The third-order valence-electron chi connectivity index (χ3n) is 6.66. The van der Waals surface area contributed by atoms with E-state index in [0.717, 1.165) is 48.1 Å². The van der Waals surface area contributed by atoms with Gasteiger partial charge in [0.15, 0.2) is 5.65 Å². The fourth-order valence-corrected chi connectivity index (χ4v) is 5.84. The molecule has 0 radical (unpaired) electrons. The summed E-state index contributed by atoms with van der Waals surface area (Å²) >= 11 is 0. The topological polar surface area (TPSA) is 59.3 Å². The molecule has 1 amide bonds. The predicted octanol–water partition coefficient (Wildman–Crippen LogP) is 3.61. The molecule has 0 spiro atoms. The van der Waals surface area contributed by atoms with Gasteiger partial charge in [0.25, 0.3) is 5.91 Å². The Balaban J connectivity index is 1.46. The van der Waals surface area contributed by atoms with E-state index in [1.54, 1.807) is 0 Å². The van der Waals surface area contributed by atoms with Crippen LogP contribution < -0.4 is 5.32 Å². The standard InChI is InChI=1S/C19H21F3N4O/c1-9-2-15(19(20,21)22)26-17(24-9)14(8-23-26)18(27)25-16-12-4-10-3-11(6-12)7-13(16)5-10/h2,8,10-13,16H,3-7H2,1H3,(H,25,27). The van der Waals surface area contributed by atoms with Crippen molar-refractivity contribution >= 4 is 11.6 Å². The zero-order valence-corrected chi connectivity index (χ0v) is 15.0. The van der Waals surface area contributed by atoms with Crippen LogP contribution in [0.4, 0.5) is 13.2 Å². The summed E-state index contributed by atoms with van der Waals surface area (Å²) in [6.45, 7) is 1.49. The summed E-state index contributed by atoms with van der Waals surface area (Å²) in [6.07, 6.45) is 2.58. The maximum absolute atomic E-state index is 13.3. The SMILES string of the molecule is Cc1cc(C(F)(F)F)n2ncc(C(=O)NC3C4CC5CC(C4)CC3C5)c2n1. The molecule has 2 aromatic rings. The van der Waals surface area contributed by atoms with Gasteiger partial charge in [-0.25, -0.2) is 9.50 Å². The molecule has 4 aliphatic carbocycles. The van der Waals surface area contributed by atoms with E-state index in [9.17, 15) is 18.0 Å². The Labute approximate surface area is 154 Å². The number of alkyl halides is 3. The third-order valence-corrected chi connectivity index (χ3v) is 6.66. The van der Waals surface area contributed by atoms with Gasteiger partial charge in [-0.05, 0) is 68.8 Å². The Morgan fingerprint density at radius 2 is 1.78 bits per heavy atom. The van der Waals surface area contributed by atoms with Crippen LogP contribution in [-0.4, -0.2) is 26.5 Å². The van der Waals surface area contributed by atoms with E-state index in [4.69, 9.17) is 0 Å². The largest absolute Gasteiger partial charge is 0.433 e. The molecular formula is C19H21F3N4O. The van der Waals surface area contributed by atoms with Crippen LogP contribution in [0.5, 0.6) is 0 Å². The molecule has 0 aliphatic heterocycles. The predicted molar refractivity (Wildman–Crippen MR) is 91.0 cm³/mol. The summed E-state index contributed by atoms with van der Waals surface area (Å²) in [5.41, 5.74) is -0.640. The second-order valence-corrected chi connectivity index (χ2v) is 8.50. The molecule has 4 bridgehead atoms. The van der Waals surface area contributed by atoms with Crippen molar-refractivity contribution in [1.82, 2.24) is 19.9 Å². The van der Waals surface area contributed by atoms with Crippen LogP contribution in [0.1, 0.15) is 53.8 Å². The number of carbonyl (C=O) groups excluding carboxylic acids is 1. The molecule has 0 unspecified atom stereocenters. The fourth-order valence-electron chi connectivity index (χ4n) is 5.84. The summed E-state index contributed by atoms with van der Waals surface area (Å²) in [5.74, 6) is 2.20. The highest BCUT2D eigenvalue weighted by Crippen LogP contribution is 2.53. The van der Waals surface area contributed by atoms with Gasteiger partial charge >= 0.3 is 6.18 Å². The van der Waals surface area contributed by atoms with Crippen molar-refractivity contribution in [2.24, 2.45) is 23.7 Å². The number of nitrogens with zero attached hydrogens (tertiary/aromatic N) is 3. The van der Waals surface area contributed by atoms with Gasteiger partial charge in [-0.15, -0.1) is 0 Å². The van der Waals surface area contributed by atoms with Gasteiger partial charge in [-0.3, -0.25) is 4.79 Å². The van der Waals surface area contributed by atoms with E-state index in [-0.39, 0.29) is 28.9 Å². The maximum Gasteiger partial charge on any atom is 0.433 e. The lowest BCUT2D eigenvalue weighted by Gasteiger charge is -2.54. The number of carbonyl (C=O) groups is 1. The lowest BCUT2D eigenvalue weighted by Crippen LogP contribution is -2.55. The number of aromatic nitrogens is 3. The molecule has 2 aromatic heterocycles. The number of hydrogen-bond donors (Lipinski definition) is 1. The van der Waals surface area contributed by atoms with Gasteiger partial charge in [0.2, 0.25) is 0 Å². The van der Waals surface area contributed by atoms with Gasteiger partial charge in [0.1, 0.15) is 11.3 Å². The van der Waals surface area contributed by atoms with Crippen LogP contribution in [-0.2, 0) is 6.18 Å². The monoisotopic (exact) mass is 378 g/mol. The Morgan fingerprint density at radius 1 is 1.15 bits per heavy atom. The van der Waals surface area contributed by atoms with Gasteiger partial charge in [-0.2, -0.15) is 18.3 Å². The molecule has 4 aliphatic rings. The highest BCUT2D eigenvalue weighted by atomic mass is 19.4. The van der Waals surface area contributed by atoms with E-state index < -0.39 is 11.9 Å². The Hall–Kier alpha value is -2.12. The molecule has 5 nitrogen and oxygen atoms in total. The van der Waals surface area contributed by atoms with E-state index in [1.807, 2.05) is 0 Å². The average Bonchev–Trinajstić information content (AvgIpc) is 2.99. The highest BCUT2D eigenvalue weighted by molar-refractivity contribution is 5.99. The van der Waals surface area contributed by atoms with Gasteiger partial charge in [0, 0.05) is 11.7 Å². The summed E-state index contributed by atoms with van der Waals surface area (Å²) < 4.78 is 40.6. The van der Waals surface area contributed by atoms with Crippen LogP contribution in [0.2, 0.25) is 0 Å². The Bertz CT molecular complexity index is 892. The number of nitrogens with one attached hydrogen (secondary N) is 1. The second-order valence-electron chi connectivity index (χ2n) is 8.50. The van der Waals surface area contributed by atoms with Crippen molar-refractivity contribution in [2.45, 2.75) is 51.2 Å². The van der Waals surface area contributed by atoms with E-state index in [1.165, 1.54) is 19.5 Å². The highest BCUT2D eigenvalue weighted by Gasteiger charge is 2.48. The minimum absolute atomic E-state index is 0.0383. The minimum atomic E-state index is -4.56. The molecule has 2 heterocycles. The first-order valence-electron chi connectivity index (χ1n) is 9.53. The fraction of sp³-hybridized carbons (Fsp3) is 0.632. The van der Waals surface area contributed by atoms with Crippen molar-refractivity contribution in [3.63, 3.8) is 0 Å². The molecule has 27 heavy (non-hydrogen) atoms. The van der Waals surface area contributed by atoms with Crippen LogP contribution in [0.3, 0.4) is 0 Å². The minimum Gasteiger partial charge on any atom is -0.349 e. The van der Waals surface area contributed by atoms with Crippen LogP contribution in [0.15, 0.2) is 12.3 Å². The van der Waals surface area contributed by atoms with Crippen molar-refractivity contribution in [1.29, 1.82) is 0 Å². The smallest absolute Gasteiger partial charge is 0.349 e. The normalized spacial score (nSPS) is 32.2. The van der Waals surface area contributed by atoms with Gasteiger partial charge < -0.3 is 5.32 Å². The number of hydrogen-bond acceptors (Lipinski definition) is 3. The Morgan fingerprint density at radius 3 is 2.37 bits per heavy atom. The second kappa shape index (κ2) is 5.69. The van der Waals surface area contributed by atoms with E-state index >= 15 is 0 Å². The van der Waals surface area contributed by atoms with E-state index in [2.05, 4.69) is 15.4 Å². The summed E-state index contributed by atoms with van der Waals surface area (Å²) in [7, 11) is 0. The van der Waals surface area contributed by atoms with Crippen molar-refractivity contribution in [3.8, 4) is 0 Å². The van der Waals surface area contributed by atoms with Crippen molar-refractivity contribution < 1.29 is 18.0 Å². The number of aryl methyl sites for hydroxylation is 1. The molecule has 1 N–H and O–H groups in total. The third kappa shape index (κ3) is 2.72. The van der Waals surface area contributed by atoms with Crippen molar-refractivity contribution in [2.75, 3.05) is 0 Å². The maximum atomic E-state index is 13.3. The molecule has 6 rings (SSSR count). The van der Waals surface area contributed by atoms with Crippen LogP contribution in [0.25, 0.3) is 5.65 Å². The van der Waals surface area contributed by atoms with Gasteiger partial charge in [-0.1, -0.05) is 0 Å². The molecular weight excluding hydrogens is 357 g/mol. The van der Waals surface area contributed by atoms with E-state index in [0.29, 0.717) is 11.8 Å². The zero-order chi connectivity index (χ0) is 18.9. The molecule has 0 saturated heterocycles. The van der Waals surface area contributed by atoms with Crippen LogP contribution >= 0.6 is 0 Å².